The minimum absolute atomic E-state index is 0.250. The highest BCUT2D eigenvalue weighted by molar-refractivity contribution is 7.71. The number of aromatic nitrogens is 4. The van der Waals surface area contributed by atoms with Gasteiger partial charge in [0.15, 0.2) is 5.65 Å². The van der Waals surface area contributed by atoms with Crippen LogP contribution in [0.15, 0.2) is 29.1 Å². The van der Waals surface area contributed by atoms with E-state index in [1.54, 1.807) is 11.7 Å². The maximum absolute atomic E-state index is 12.8. The summed E-state index contributed by atoms with van der Waals surface area (Å²) in [6.07, 6.45) is 3.42. The van der Waals surface area contributed by atoms with E-state index < -0.39 is 0 Å². The molecule has 140 valence electrons. The summed E-state index contributed by atoms with van der Waals surface area (Å²) in [7, 11) is 1.62. The van der Waals surface area contributed by atoms with Gasteiger partial charge in [-0.25, -0.2) is 4.98 Å². The molecule has 0 unspecified atom stereocenters. The number of nitrogens with one attached hydrogen (secondary N) is 1. The molecule has 1 aromatic carbocycles. The number of aromatic amines is 1. The van der Waals surface area contributed by atoms with E-state index in [1.807, 2.05) is 31.2 Å². The minimum Gasteiger partial charge on any atom is -0.497 e. The smallest absolute Gasteiger partial charge is 0.264 e. The van der Waals surface area contributed by atoms with Crippen molar-refractivity contribution in [1.29, 1.82) is 0 Å². The van der Waals surface area contributed by atoms with Crippen molar-refractivity contribution >= 4 is 29.2 Å². The Kier molecular flexibility index (Phi) is 4.65. The predicted molar refractivity (Wildman–Crippen MR) is 108 cm³/mol. The Morgan fingerprint density at radius 3 is 2.48 bits per heavy atom. The highest BCUT2D eigenvalue weighted by Gasteiger charge is 2.17. The predicted octanol–water partition coefficient (Wildman–Crippen LogP) is 3.15. The Morgan fingerprint density at radius 1 is 1.11 bits per heavy atom. The van der Waals surface area contributed by atoms with Gasteiger partial charge in [-0.2, -0.15) is 4.98 Å². The van der Waals surface area contributed by atoms with Crippen LogP contribution >= 0.6 is 12.2 Å². The van der Waals surface area contributed by atoms with Crippen LogP contribution in [0.1, 0.15) is 25.1 Å². The average molecular weight is 383 g/mol. The van der Waals surface area contributed by atoms with E-state index in [1.165, 1.54) is 6.42 Å². The molecule has 2 aromatic heterocycles. The second-order valence-corrected chi connectivity index (χ2v) is 7.02. The lowest BCUT2D eigenvalue weighted by Gasteiger charge is -2.27. The van der Waals surface area contributed by atoms with Gasteiger partial charge in [-0.3, -0.25) is 14.3 Å². The fourth-order valence-electron chi connectivity index (χ4n) is 3.48. The van der Waals surface area contributed by atoms with Crippen molar-refractivity contribution in [2.75, 3.05) is 25.1 Å². The third kappa shape index (κ3) is 3.21. The van der Waals surface area contributed by atoms with Crippen molar-refractivity contribution in [3.63, 3.8) is 0 Å². The number of anilines is 1. The van der Waals surface area contributed by atoms with E-state index in [0.717, 1.165) is 37.4 Å². The zero-order valence-corrected chi connectivity index (χ0v) is 16.2. The van der Waals surface area contributed by atoms with Crippen molar-refractivity contribution in [3.8, 4) is 11.4 Å². The van der Waals surface area contributed by atoms with E-state index in [4.69, 9.17) is 17.0 Å². The highest BCUT2D eigenvalue weighted by atomic mass is 32.1. The van der Waals surface area contributed by atoms with Gasteiger partial charge in [0.25, 0.3) is 5.56 Å². The largest absolute Gasteiger partial charge is 0.497 e. The molecule has 8 heteroatoms. The molecule has 1 saturated heterocycles. The topological polar surface area (TPSA) is 76.0 Å². The standard InChI is InChI=1S/C19H21N5O2S/c1-12-20-16-15(17(25)22-19(21-16)23-10-4-3-5-11-23)18(27)24(12)13-6-8-14(26-2)9-7-13/h6-9H,3-5,10-11H2,1-2H3,(H,21,22,25). The number of nitrogens with zero attached hydrogens (tertiary/aromatic N) is 4. The van der Waals surface area contributed by atoms with Crippen LogP contribution in [0, 0.1) is 11.6 Å². The summed E-state index contributed by atoms with van der Waals surface area (Å²) in [5, 5.41) is 0.340. The number of aryl methyl sites for hydroxylation is 1. The molecular weight excluding hydrogens is 362 g/mol. The van der Waals surface area contributed by atoms with Crippen molar-refractivity contribution < 1.29 is 4.74 Å². The molecule has 0 radical (unpaired) electrons. The second-order valence-electron chi connectivity index (χ2n) is 6.63. The van der Waals surface area contributed by atoms with Crippen LogP contribution in [0.25, 0.3) is 16.7 Å². The Balaban J connectivity index is 1.87. The van der Waals surface area contributed by atoms with Crippen LogP contribution in [0.3, 0.4) is 0 Å². The quantitative estimate of drug-likeness (QED) is 0.700. The van der Waals surface area contributed by atoms with Crippen LogP contribution in [0.5, 0.6) is 5.75 Å². The number of ether oxygens (including phenoxy) is 1. The summed E-state index contributed by atoms with van der Waals surface area (Å²) >= 11 is 5.63. The first kappa shape index (κ1) is 17.7. The number of H-pyrrole nitrogens is 1. The molecule has 0 bridgehead atoms. The zero-order valence-electron chi connectivity index (χ0n) is 15.4. The zero-order chi connectivity index (χ0) is 19.0. The molecule has 7 nitrogen and oxygen atoms in total. The Morgan fingerprint density at radius 2 is 1.81 bits per heavy atom. The van der Waals surface area contributed by atoms with Crippen molar-refractivity contribution in [2.24, 2.45) is 0 Å². The molecule has 0 amide bonds. The summed E-state index contributed by atoms with van der Waals surface area (Å²) < 4.78 is 7.40. The van der Waals surface area contributed by atoms with Crippen LogP contribution in [0.2, 0.25) is 0 Å². The van der Waals surface area contributed by atoms with Gasteiger partial charge in [-0.05, 0) is 50.5 Å². The van der Waals surface area contributed by atoms with E-state index in [-0.39, 0.29) is 5.56 Å². The molecule has 0 spiro atoms. The van der Waals surface area contributed by atoms with Crippen LogP contribution < -0.4 is 15.2 Å². The van der Waals surface area contributed by atoms with Gasteiger partial charge in [0.1, 0.15) is 21.6 Å². The number of hydrogen-bond donors (Lipinski definition) is 1. The Hall–Kier alpha value is -2.74. The molecule has 1 aliphatic rings. The number of benzene rings is 1. The molecule has 0 saturated carbocycles. The molecule has 1 aliphatic heterocycles. The maximum Gasteiger partial charge on any atom is 0.264 e. The van der Waals surface area contributed by atoms with Crippen molar-refractivity contribution in [2.45, 2.75) is 26.2 Å². The first-order valence-electron chi connectivity index (χ1n) is 9.01. The summed E-state index contributed by atoms with van der Waals surface area (Å²) in [5.74, 6) is 2.01. The highest BCUT2D eigenvalue weighted by Crippen LogP contribution is 2.21. The summed E-state index contributed by atoms with van der Waals surface area (Å²) in [5.41, 5.74) is 0.971. The summed E-state index contributed by atoms with van der Waals surface area (Å²) in [6.45, 7) is 3.66. The number of fused-ring (bicyclic) bond motifs is 1. The van der Waals surface area contributed by atoms with Gasteiger partial charge in [0.05, 0.1) is 7.11 Å². The molecule has 0 aliphatic carbocycles. The van der Waals surface area contributed by atoms with Crippen LogP contribution in [0.4, 0.5) is 5.95 Å². The Labute approximate surface area is 161 Å². The van der Waals surface area contributed by atoms with Gasteiger partial charge < -0.3 is 9.64 Å². The molecule has 3 heterocycles. The SMILES string of the molecule is COc1ccc(-n2c(C)nc3nc(N4CCCCC4)[nH]c(=O)c3c2=S)cc1. The normalized spacial score (nSPS) is 14.5. The minimum atomic E-state index is -0.250. The van der Waals surface area contributed by atoms with Crippen molar-refractivity contribution in [1.82, 2.24) is 19.5 Å². The van der Waals surface area contributed by atoms with Gasteiger partial charge in [0.2, 0.25) is 5.95 Å². The third-order valence-electron chi connectivity index (χ3n) is 4.88. The monoisotopic (exact) mass is 383 g/mol. The van der Waals surface area contributed by atoms with Gasteiger partial charge in [-0.1, -0.05) is 12.2 Å². The fourth-order valence-corrected chi connectivity index (χ4v) is 3.90. The lowest BCUT2D eigenvalue weighted by Crippen LogP contribution is -2.32. The number of rotatable bonds is 3. The molecule has 1 fully saturated rings. The molecule has 3 aromatic rings. The fraction of sp³-hybridized carbons (Fsp3) is 0.368. The molecule has 27 heavy (non-hydrogen) atoms. The number of piperidine rings is 1. The molecule has 0 atom stereocenters. The first-order chi connectivity index (χ1) is 13.1. The van der Waals surface area contributed by atoms with Gasteiger partial charge in [0, 0.05) is 18.8 Å². The first-order valence-corrected chi connectivity index (χ1v) is 9.42. The van der Waals surface area contributed by atoms with Gasteiger partial charge in [-0.15, -0.1) is 0 Å². The maximum atomic E-state index is 12.8. The molecular formula is C19H21N5O2S. The van der Waals surface area contributed by atoms with E-state index in [9.17, 15) is 4.79 Å². The Bertz CT molecular complexity index is 1100. The van der Waals surface area contributed by atoms with E-state index in [2.05, 4.69) is 19.9 Å². The summed E-state index contributed by atoms with van der Waals surface area (Å²) in [6, 6.07) is 7.48. The van der Waals surface area contributed by atoms with Crippen molar-refractivity contribution in [3.05, 3.63) is 45.1 Å². The lowest BCUT2D eigenvalue weighted by atomic mass is 10.1. The van der Waals surface area contributed by atoms with E-state index >= 15 is 0 Å². The number of hydrogen-bond acceptors (Lipinski definition) is 6. The summed E-state index contributed by atoms with van der Waals surface area (Å²) in [4.78, 5) is 27.0. The van der Waals surface area contributed by atoms with Crippen LogP contribution in [-0.2, 0) is 0 Å². The molecule has 1 N–H and O–H groups in total. The third-order valence-corrected chi connectivity index (χ3v) is 5.27. The molecule has 4 rings (SSSR count). The van der Waals surface area contributed by atoms with E-state index in [0.29, 0.717) is 27.4 Å². The average Bonchev–Trinajstić information content (AvgIpc) is 2.68. The number of methoxy groups -OCH3 is 1. The lowest BCUT2D eigenvalue weighted by molar-refractivity contribution is 0.414. The van der Waals surface area contributed by atoms with Gasteiger partial charge >= 0.3 is 0 Å². The van der Waals surface area contributed by atoms with Crippen LogP contribution in [-0.4, -0.2) is 39.7 Å². The second kappa shape index (κ2) is 7.11.